The Morgan fingerprint density at radius 3 is 2.71 bits per heavy atom. The monoisotopic (exact) mass is 342 g/mol. The summed E-state index contributed by atoms with van der Waals surface area (Å²) in [5.41, 5.74) is 2.68. The Hall–Kier alpha value is -2.33. The zero-order valence-corrected chi connectivity index (χ0v) is 14.2. The molecule has 2 aromatic carbocycles. The summed E-state index contributed by atoms with van der Waals surface area (Å²) in [5.74, 6) is -0.457. The molecule has 3 rings (SSSR count). The maximum absolute atomic E-state index is 12.4. The quantitative estimate of drug-likeness (QED) is 0.922. The van der Waals surface area contributed by atoms with Crippen molar-refractivity contribution in [3.63, 3.8) is 0 Å². The Bertz CT molecular complexity index is 761. The van der Waals surface area contributed by atoms with Gasteiger partial charge in [-0.1, -0.05) is 48.0 Å². The number of rotatable bonds is 4. The van der Waals surface area contributed by atoms with E-state index in [1.807, 2.05) is 49.4 Å². The van der Waals surface area contributed by atoms with Crippen LogP contribution in [0.25, 0.3) is 0 Å². The fourth-order valence-corrected chi connectivity index (χ4v) is 3.00. The van der Waals surface area contributed by atoms with Crippen molar-refractivity contribution >= 4 is 29.1 Å². The number of benzene rings is 2. The normalized spacial score (nSPS) is 17.2. The Morgan fingerprint density at radius 2 is 2.00 bits per heavy atom. The molecule has 1 heterocycles. The molecular weight excluding hydrogens is 324 g/mol. The van der Waals surface area contributed by atoms with Gasteiger partial charge in [-0.25, -0.2) is 0 Å². The number of hydrogen-bond donors (Lipinski definition) is 1. The van der Waals surface area contributed by atoms with Gasteiger partial charge in [-0.05, 0) is 30.2 Å². The fourth-order valence-electron chi connectivity index (χ4n) is 2.82. The predicted molar refractivity (Wildman–Crippen MR) is 94.8 cm³/mol. The maximum atomic E-state index is 12.4. The Morgan fingerprint density at radius 1 is 1.25 bits per heavy atom. The summed E-state index contributed by atoms with van der Waals surface area (Å²) in [6.07, 6.45) is 0.248. The third-order valence-corrected chi connectivity index (χ3v) is 4.65. The minimum Gasteiger partial charge on any atom is -0.338 e. The molecule has 1 atom stereocenters. The second-order valence-electron chi connectivity index (χ2n) is 6.11. The van der Waals surface area contributed by atoms with Crippen molar-refractivity contribution in [2.45, 2.75) is 19.9 Å². The van der Waals surface area contributed by atoms with Gasteiger partial charge < -0.3 is 10.2 Å². The van der Waals surface area contributed by atoms with Gasteiger partial charge >= 0.3 is 0 Å². The largest absolute Gasteiger partial charge is 0.338 e. The molecule has 124 valence electrons. The summed E-state index contributed by atoms with van der Waals surface area (Å²) >= 11 is 6.08. The highest BCUT2D eigenvalue weighted by atomic mass is 35.5. The molecule has 0 bridgehead atoms. The van der Waals surface area contributed by atoms with E-state index >= 15 is 0 Å². The van der Waals surface area contributed by atoms with Crippen LogP contribution in [0.2, 0.25) is 5.02 Å². The van der Waals surface area contributed by atoms with Gasteiger partial charge in [-0.2, -0.15) is 0 Å². The number of carbonyl (C=O) groups is 2. The number of halogens is 1. The highest BCUT2D eigenvalue weighted by Gasteiger charge is 2.34. The van der Waals surface area contributed by atoms with Crippen molar-refractivity contribution in [3.8, 4) is 0 Å². The smallest absolute Gasteiger partial charge is 0.229 e. The zero-order chi connectivity index (χ0) is 17.1. The minimum absolute atomic E-state index is 0.0148. The van der Waals surface area contributed by atoms with E-state index in [-0.39, 0.29) is 24.2 Å². The number of nitrogens with zero attached hydrogens (tertiary/aromatic N) is 1. The molecule has 0 aromatic heterocycles. The van der Waals surface area contributed by atoms with Crippen LogP contribution in [0, 0.1) is 12.8 Å². The number of hydrogen-bond acceptors (Lipinski definition) is 2. The van der Waals surface area contributed by atoms with Gasteiger partial charge in [0.25, 0.3) is 0 Å². The van der Waals surface area contributed by atoms with Crippen LogP contribution in [0.15, 0.2) is 48.5 Å². The molecule has 5 heteroatoms. The Balaban J connectivity index is 1.62. The molecular formula is C19H19ClN2O2. The molecule has 1 aliphatic heterocycles. The standard InChI is InChI=1S/C19H19ClN2O2/c1-13-7-8-16(10-17(13)20)21-19(24)15-9-18(23)22(12-15)11-14-5-3-2-4-6-14/h2-8,10,15H,9,11-12H2,1H3,(H,21,24)/t15-/m0/s1. The van der Waals surface area contributed by atoms with Crippen molar-refractivity contribution in [1.29, 1.82) is 0 Å². The highest BCUT2D eigenvalue weighted by molar-refractivity contribution is 6.31. The number of anilines is 1. The predicted octanol–water partition coefficient (Wildman–Crippen LogP) is 3.64. The summed E-state index contributed by atoms with van der Waals surface area (Å²) in [6.45, 7) is 2.89. The molecule has 0 unspecified atom stereocenters. The maximum Gasteiger partial charge on any atom is 0.229 e. The van der Waals surface area contributed by atoms with E-state index < -0.39 is 0 Å². The molecule has 1 fully saturated rings. The second kappa shape index (κ2) is 7.05. The lowest BCUT2D eigenvalue weighted by Gasteiger charge is -2.16. The van der Waals surface area contributed by atoms with Gasteiger partial charge in [0.15, 0.2) is 0 Å². The van der Waals surface area contributed by atoms with E-state index in [0.29, 0.717) is 23.8 Å². The van der Waals surface area contributed by atoms with Gasteiger partial charge in [0, 0.05) is 30.2 Å². The second-order valence-corrected chi connectivity index (χ2v) is 6.52. The lowest BCUT2D eigenvalue weighted by molar-refractivity contribution is -0.128. The topological polar surface area (TPSA) is 49.4 Å². The van der Waals surface area contributed by atoms with Gasteiger partial charge in [0.1, 0.15) is 0 Å². The fraction of sp³-hybridized carbons (Fsp3) is 0.263. The van der Waals surface area contributed by atoms with E-state index in [1.54, 1.807) is 11.0 Å². The Labute approximate surface area is 146 Å². The first kappa shape index (κ1) is 16.5. The average molecular weight is 343 g/mol. The van der Waals surface area contributed by atoms with E-state index in [9.17, 15) is 9.59 Å². The van der Waals surface area contributed by atoms with Crippen molar-refractivity contribution < 1.29 is 9.59 Å². The molecule has 1 N–H and O–H groups in total. The molecule has 24 heavy (non-hydrogen) atoms. The van der Waals surface area contributed by atoms with Crippen molar-refractivity contribution in [3.05, 3.63) is 64.7 Å². The SMILES string of the molecule is Cc1ccc(NC(=O)[C@H]2CC(=O)N(Cc3ccccc3)C2)cc1Cl. The van der Waals surface area contributed by atoms with Crippen LogP contribution < -0.4 is 5.32 Å². The van der Waals surface area contributed by atoms with Gasteiger partial charge in [0.05, 0.1) is 5.92 Å². The number of likely N-dealkylation sites (tertiary alicyclic amines) is 1. The molecule has 0 aliphatic carbocycles. The summed E-state index contributed by atoms with van der Waals surface area (Å²) in [7, 11) is 0. The lowest BCUT2D eigenvalue weighted by Crippen LogP contribution is -2.28. The van der Waals surface area contributed by atoms with Gasteiger partial charge in [-0.3, -0.25) is 9.59 Å². The van der Waals surface area contributed by atoms with E-state index in [0.717, 1.165) is 11.1 Å². The van der Waals surface area contributed by atoms with E-state index in [4.69, 9.17) is 11.6 Å². The first-order valence-electron chi connectivity index (χ1n) is 7.91. The first-order valence-corrected chi connectivity index (χ1v) is 8.29. The number of amides is 2. The summed E-state index contributed by atoms with van der Waals surface area (Å²) in [5, 5.41) is 3.47. The van der Waals surface area contributed by atoms with E-state index in [2.05, 4.69) is 5.32 Å². The van der Waals surface area contributed by atoms with Crippen LogP contribution in [-0.2, 0) is 16.1 Å². The molecule has 0 radical (unpaired) electrons. The molecule has 0 saturated carbocycles. The van der Waals surface area contributed by atoms with Crippen LogP contribution in [0.5, 0.6) is 0 Å². The molecule has 2 aromatic rings. The minimum atomic E-state index is -0.332. The third-order valence-electron chi connectivity index (χ3n) is 4.24. The van der Waals surface area contributed by atoms with Crippen molar-refractivity contribution in [2.75, 3.05) is 11.9 Å². The van der Waals surface area contributed by atoms with Crippen LogP contribution in [-0.4, -0.2) is 23.3 Å². The highest BCUT2D eigenvalue weighted by Crippen LogP contribution is 2.24. The number of carbonyl (C=O) groups excluding carboxylic acids is 2. The molecule has 0 spiro atoms. The van der Waals surface area contributed by atoms with Crippen LogP contribution in [0.3, 0.4) is 0 Å². The van der Waals surface area contributed by atoms with Gasteiger partial charge in [0.2, 0.25) is 11.8 Å². The Kier molecular flexibility index (Phi) is 4.86. The summed E-state index contributed by atoms with van der Waals surface area (Å²) in [4.78, 5) is 26.3. The first-order chi connectivity index (χ1) is 11.5. The summed E-state index contributed by atoms with van der Waals surface area (Å²) in [6, 6.07) is 15.2. The van der Waals surface area contributed by atoms with Gasteiger partial charge in [-0.15, -0.1) is 0 Å². The van der Waals surface area contributed by atoms with Crippen LogP contribution >= 0.6 is 11.6 Å². The molecule has 1 aliphatic rings. The number of aryl methyl sites for hydroxylation is 1. The number of nitrogens with one attached hydrogen (secondary N) is 1. The molecule has 1 saturated heterocycles. The van der Waals surface area contributed by atoms with Crippen molar-refractivity contribution in [2.24, 2.45) is 5.92 Å². The van der Waals surface area contributed by atoms with Crippen molar-refractivity contribution in [1.82, 2.24) is 4.90 Å². The lowest BCUT2D eigenvalue weighted by atomic mass is 10.1. The van der Waals surface area contributed by atoms with Crippen LogP contribution in [0.4, 0.5) is 5.69 Å². The van der Waals surface area contributed by atoms with Crippen LogP contribution in [0.1, 0.15) is 17.5 Å². The average Bonchev–Trinajstić information content (AvgIpc) is 2.93. The molecule has 2 amide bonds. The zero-order valence-electron chi connectivity index (χ0n) is 13.5. The van der Waals surface area contributed by atoms with E-state index in [1.165, 1.54) is 0 Å². The molecule has 4 nitrogen and oxygen atoms in total. The third kappa shape index (κ3) is 3.77. The summed E-state index contributed by atoms with van der Waals surface area (Å²) < 4.78 is 0.